The number of halogens is 2. The molecule has 0 unspecified atom stereocenters. The van der Waals surface area contributed by atoms with Gasteiger partial charge in [0.15, 0.2) is 0 Å². The van der Waals surface area contributed by atoms with E-state index >= 15 is 0 Å². The lowest BCUT2D eigenvalue weighted by Gasteiger charge is -2.31. The first-order valence-electron chi connectivity index (χ1n) is 7.53. The van der Waals surface area contributed by atoms with E-state index < -0.39 is 29.5 Å². The van der Waals surface area contributed by atoms with Crippen LogP contribution in [0.2, 0.25) is 0 Å². The van der Waals surface area contributed by atoms with E-state index in [1.807, 2.05) is 0 Å². The normalized spacial score (nSPS) is 28.9. The summed E-state index contributed by atoms with van der Waals surface area (Å²) in [4.78, 5) is 12.9. The molecule has 2 aliphatic heterocycles. The Morgan fingerprint density at radius 3 is 2.48 bits per heavy atom. The van der Waals surface area contributed by atoms with Crippen LogP contribution in [-0.4, -0.2) is 46.7 Å². The number of ether oxygens (including phenoxy) is 2. The van der Waals surface area contributed by atoms with Gasteiger partial charge in [-0.25, -0.2) is 13.6 Å². The quantitative estimate of drug-likeness (QED) is 0.864. The van der Waals surface area contributed by atoms with Gasteiger partial charge in [0.1, 0.15) is 17.4 Å². The summed E-state index contributed by atoms with van der Waals surface area (Å²) >= 11 is 0. The van der Waals surface area contributed by atoms with Crippen LogP contribution in [0.1, 0.15) is 25.8 Å². The van der Waals surface area contributed by atoms with Crippen LogP contribution in [0.4, 0.5) is 13.6 Å². The van der Waals surface area contributed by atoms with E-state index in [0.717, 1.165) is 6.07 Å². The molecule has 0 aromatic heterocycles. The van der Waals surface area contributed by atoms with Crippen molar-refractivity contribution in [3.63, 3.8) is 0 Å². The molecule has 2 fully saturated rings. The number of epoxide rings is 1. The van der Waals surface area contributed by atoms with Crippen LogP contribution in [0, 0.1) is 11.6 Å². The smallest absolute Gasteiger partial charge is 0.409 e. The molecule has 2 heterocycles. The Bertz CT molecular complexity index is 598. The van der Waals surface area contributed by atoms with Crippen LogP contribution in [0.3, 0.4) is 0 Å². The molecule has 2 saturated heterocycles. The average molecular weight is 327 g/mol. The largest absolute Gasteiger partial charge is 0.465 e. The Balaban J connectivity index is 1.87. The first-order chi connectivity index (χ1) is 10.8. The second kappa shape index (κ2) is 5.72. The summed E-state index contributed by atoms with van der Waals surface area (Å²) < 4.78 is 37.9. The van der Waals surface area contributed by atoms with Crippen molar-refractivity contribution in [2.45, 2.75) is 50.7 Å². The fraction of sp³-hybridized carbons (Fsp3) is 0.562. The third-order valence-electron chi connectivity index (χ3n) is 4.25. The number of hydrogen-bond acceptors (Lipinski definition) is 3. The highest BCUT2D eigenvalue weighted by Crippen LogP contribution is 2.37. The zero-order valence-electron chi connectivity index (χ0n) is 13.0. The van der Waals surface area contributed by atoms with Gasteiger partial charge in [0.05, 0.1) is 24.9 Å². The van der Waals surface area contributed by atoms with Crippen LogP contribution in [0.25, 0.3) is 0 Å². The van der Waals surface area contributed by atoms with Gasteiger partial charge in [-0.05, 0) is 38.0 Å². The molecule has 3 atom stereocenters. The first-order valence-corrected chi connectivity index (χ1v) is 7.53. The van der Waals surface area contributed by atoms with Gasteiger partial charge < -0.3 is 14.6 Å². The molecule has 0 bridgehead atoms. The molecule has 2 aliphatic rings. The van der Waals surface area contributed by atoms with E-state index in [1.165, 1.54) is 17.0 Å². The number of amides is 1. The van der Waals surface area contributed by atoms with Gasteiger partial charge >= 0.3 is 6.09 Å². The van der Waals surface area contributed by atoms with Crippen molar-refractivity contribution in [3.8, 4) is 0 Å². The summed E-state index contributed by atoms with van der Waals surface area (Å²) in [6, 6.07) is 2.72. The molecule has 23 heavy (non-hydrogen) atoms. The van der Waals surface area contributed by atoms with Crippen molar-refractivity contribution in [2.75, 3.05) is 6.61 Å². The first kappa shape index (κ1) is 16.1. The van der Waals surface area contributed by atoms with Gasteiger partial charge in [0.25, 0.3) is 0 Å². The zero-order valence-corrected chi connectivity index (χ0v) is 13.0. The van der Waals surface area contributed by atoms with E-state index in [2.05, 4.69) is 0 Å². The fourth-order valence-electron chi connectivity index (χ4n) is 3.31. The lowest BCUT2D eigenvalue weighted by molar-refractivity contribution is -0.0688. The number of carbonyl (C=O) groups is 1. The topological polar surface area (TPSA) is 62.3 Å². The predicted octanol–water partition coefficient (Wildman–Crippen LogP) is 2.78. The van der Waals surface area contributed by atoms with E-state index in [4.69, 9.17) is 9.47 Å². The number of benzene rings is 1. The highest BCUT2D eigenvalue weighted by molar-refractivity contribution is 5.67. The Morgan fingerprint density at radius 1 is 1.35 bits per heavy atom. The van der Waals surface area contributed by atoms with E-state index in [-0.39, 0.29) is 18.6 Å². The van der Waals surface area contributed by atoms with E-state index in [0.29, 0.717) is 18.6 Å². The molecule has 3 rings (SSSR count). The molecular formula is C16H19F2NO4. The second-order valence-corrected chi connectivity index (χ2v) is 6.50. The Kier molecular flexibility index (Phi) is 4.01. The Labute approximate surface area is 132 Å². The Hall–Kier alpha value is -1.73. The maximum Gasteiger partial charge on any atom is 0.409 e. The standard InChI is InChI=1S/C16H19F2NO4/c1-16(2)19(15(20)21)13(14(23-16)7-12-8-22-12)5-9-3-10(17)6-11(18)4-9/h3-4,6,12-14H,5,7-8H2,1-2H3,(H,20,21)/t12-,13+,14+/m1/s1. The lowest BCUT2D eigenvalue weighted by Crippen LogP contribution is -2.48. The maximum absolute atomic E-state index is 13.4. The van der Waals surface area contributed by atoms with Crippen molar-refractivity contribution in [3.05, 3.63) is 35.4 Å². The molecule has 5 nitrogen and oxygen atoms in total. The highest BCUT2D eigenvalue weighted by atomic mass is 19.1. The van der Waals surface area contributed by atoms with Gasteiger partial charge in [-0.1, -0.05) is 0 Å². The fourth-order valence-corrected chi connectivity index (χ4v) is 3.31. The lowest BCUT2D eigenvalue weighted by atomic mass is 9.97. The number of nitrogens with zero attached hydrogens (tertiary/aromatic N) is 1. The van der Waals surface area contributed by atoms with Crippen molar-refractivity contribution < 1.29 is 28.2 Å². The van der Waals surface area contributed by atoms with Crippen molar-refractivity contribution in [2.24, 2.45) is 0 Å². The molecule has 1 amide bonds. The SMILES string of the molecule is CC1(C)O[C@@H](C[C@@H]2CO2)[C@H](Cc2cc(F)cc(F)c2)N1C(=O)O. The molecule has 1 aromatic carbocycles. The van der Waals surface area contributed by atoms with Crippen LogP contribution in [0.15, 0.2) is 18.2 Å². The van der Waals surface area contributed by atoms with Crippen LogP contribution in [-0.2, 0) is 15.9 Å². The van der Waals surface area contributed by atoms with Gasteiger partial charge in [-0.3, -0.25) is 4.90 Å². The van der Waals surface area contributed by atoms with Crippen LogP contribution in [0.5, 0.6) is 0 Å². The number of rotatable bonds is 4. The summed E-state index contributed by atoms with van der Waals surface area (Å²) in [5.41, 5.74) is -0.594. The minimum Gasteiger partial charge on any atom is -0.465 e. The second-order valence-electron chi connectivity index (χ2n) is 6.50. The van der Waals surface area contributed by atoms with Gasteiger partial charge in [0.2, 0.25) is 0 Å². The molecule has 0 aliphatic carbocycles. The van der Waals surface area contributed by atoms with Crippen molar-refractivity contribution >= 4 is 6.09 Å². The number of carboxylic acid groups (broad SMARTS) is 1. The predicted molar refractivity (Wildman–Crippen MR) is 77.0 cm³/mol. The molecule has 1 N–H and O–H groups in total. The molecule has 0 saturated carbocycles. The van der Waals surface area contributed by atoms with Crippen molar-refractivity contribution in [1.29, 1.82) is 0 Å². The minimum absolute atomic E-state index is 0.0660. The summed E-state index contributed by atoms with van der Waals surface area (Å²) in [6.07, 6.45) is -0.676. The van der Waals surface area contributed by atoms with Gasteiger partial charge in [-0.15, -0.1) is 0 Å². The summed E-state index contributed by atoms with van der Waals surface area (Å²) in [5.74, 6) is -1.36. The summed E-state index contributed by atoms with van der Waals surface area (Å²) in [5, 5.41) is 9.54. The molecule has 126 valence electrons. The van der Waals surface area contributed by atoms with E-state index in [9.17, 15) is 18.7 Å². The number of hydrogen-bond donors (Lipinski definition) is 1. The van der Waals surface area contributed by atoms with Crippen molar-refractivity contribution in [1.82, 2.24) is 4.90 Å². The van der Waals surface area contributed by atoms with Crippen LogP contribution < -0.4 is 0 Å². The summed E-state index contributed by atoms with van der Waals surface area (Å²) in [7, 11) is 0. The monoisotopic (exact) mass is 327 g/mol. The molecule has 7 heteroatoms. The average Bonchev–Trinajstić information content (AvgIpc) is 3.14. The zero-order chi connectivity index (χ0) is 16.8. The minimum atomic E-state index is -1.11. The van der Waals surface area contributed by atoms with Gasteiger partial charge in [0, 0.05) is 12.5 Å². The van der Waals surface area contributed by atoms with Gasteiger partial charge in [-0.2, -0.15) is 0 Å². The Morgan fingerprint density at radius 2 is 1.96 bits per heavy atom. The maximum atomic E-state index is 13.4. The molecule has 0 spiro atoms. The van der Waals surface area contributed by atoms with Crippen LogP contribution >= 0.6 is 0 Å². The third kappa shape index (κ3) is 3.45. The highest BCUT2D eigenvalue weighted by Gasteiger charge is 2.51. The van der Waals surface area contributed by atoms with E-state index in [1.54, 1.807) is 13.8 Å². The summed E-state index contributed by atoms with van der Waals surface area (Å²) in [6.45, 7) is 3.98. The molecule has 0 radical (unpaired) electrons. The molecular weight excluding hydrogens is 308 g/mol. The molecule has 1 aromatic rings. The third-order valence-corrected chi connectivity index (χ3v) is 4.25.